The van der Waals surface area contributed by atoms with Crippen molar-refractivity contribution in [3.05, 3.63) is 53.6 Å². The van der Waals surface area contributed by atoms with E-state index >= 15 is 0 Å². The lowest BCUT2D eigenvalue weighted by molar-refractivity contribution is 0.0602. The standard InChI is InChI=1S/C15H15NO2/c1-10-6-3-4-7-11(10)12-8-5-9-13(14(12)16)15(17)18-2/h3-9H,16H2,1-2H3. The molecule has 0 aliphatic rings. The lowest BCUT2D eigenvalue weighted by atomic mass is 9.97. The fourth-order valence-electron chi connectivity index (χ4n) is 1.96. The Morgan fingerprint density at radius 2 is 1.72 bits per heavy atom. The number of rotatable bonds is 2. The van der Waals surface area contributed by atoms with Crippen LogP contribution in [0, 0.1) is 6.92 Å². The first-order valence-electron chi connectivity index (χ1n) is 5.68. The van der Waals surface area contributed by atoms with Gasteiger partial charge in [0.15, 0.2) is 0 Å². The average molecular weight is 241 g/mol. The summed E-state index contributed by atoms with van der Waals surface area (Å²) in [5, 5.41) is 0. The van der Waals surface area contributed by atoms with Gasteiger partial charge in [0.05, 0.1) is 18.4 Å². The number of hydrogen-bond acceptors (Lipinski definition) is 3. The largest absolute Gasteiger partial charge is 0.465 e. The molecule has 0 aliphatic heterocycles. The molecule has 2 aromatic carbocycles. The minimum Gasteiger partial charge on any atom is -0.465 e. The first-order valence-corrected chi connectivity index (χ1v) is 5.68. The van der Waals surface area contributed by atoms with Gasteiger partial charge in [0.2, 0.25) is 0 Å². The van der Waals surface area contributed by atoms with Crippen molar-refractivity contribution in [2.75, 3.05) is 12.8 Å². The molecule has 2 aromatic rings. The van der Waals surface area contributed by atoms with Gasteiger partial charge in [-0.25, -0.2) is 4.79 Å². The van der Waals surface area contributed by atoms with Gasteiger partial charge in [0.1, 0.15) is 0 Å². The second kappa shape index (κ2) is 4.92. The Hall–Kier alpha value is -2.29. The highest BCUT2D eigenvalue weighted by atomic mass is 16.5. The van der Waals surface area contributed by atoms with Crippen molar-refractivity contribution in [2.45, 2.75) is 6.92 Å². The molecular formula is C15H15NO2. The highest BCUT2D eigenvalue weighted by Gasteiger charge is 2.14. The summed E-state index contributed by atoms with van der Waals surface area (Å²) in [6.45, 7) is 2.01. The van der Waals surface area contributed by atoms with Gasteiger partial charge >= 0.3 is 5.97 Å². The number of aryl methyl sites for hydroxylation is 1. The lowest BCUT2D eigenvalue weighted by Gasteiger charge is -2.11. The van der Waals surface area contributed by atoms with Crippen LogP contribution in [0.5, 0.6) is 0 Å². The molecule has 3 nitrogen and oxygen atoms in total. The van der Waals surface area contributed by atoms with E-state index in [0.29, 0.717) is 11.3 Å². The second-order valence-electron chi connectivity index (χ2n) is 4.07. The Kier molecular flexibility index (Phi) is 3.33. The Morgan fingerprint density at radius 1 is 1.06 bits per heavy atom. The van der Waals surface area contributed by atoms with Crippen LogP contribution in [0.15, 0.2) is 42.5 Å². The summed E-state index contributed by atoms with van der Waals surface area (Å²) in [5.41, 5.74) is 9.92. The van der Waals surface area contributed by atoms with Crippen molar-refractivity contribution in [2.24, 2.45) is 0 Å². The molecule has 0 amide bonds. The number of para-hydroxylation sites is 1. The van der Waals surface area contributed by atoms with Crippen LogP contribution in [0.1, 0.15) is 15.9 Å². The summed E-state index contributed by atoms with van der Waals surface area (Å²) in [7, 11) is 1.35. The van der Waals surface area contributed by atoms with Crippen molar-refractivity contribution < 1.29 is 9.53 Å². The molecule has 92 valence electrons. The number of carbonyl (C=O) groups is 1. The van der Waals surface area contributed by atoms with Crippen molar-refractivity contribution >= 4 is 11.7 Å². The molecule has 0 saturated carbocycles. The van der Waals surface area contributed by atoms with E-state index in [1.807, 2.05) is 43.3 Å². The number of ether oxygens (including phenoxy) is 1. The van der Waals surface area contributed by atoms with Gasteiger partial charge in [-0.1, -0.05) is 36.4 Å². The van der Waals surface area contributed by atoms with Crippen LogP contribution in [-0.4, -0.2) is 13.1 Å². The van der Waals surface area contributed by atoms with Crippen LogP contribution in [0.25, 0.3) is 11.1 Å². The molecule has 0 aliphatic carbocycles. The number of benzene rings is 2. The van der Waals surface area contributed by atoms with E-state index in [1.165, 1.54) is 7.11 Å². The van der Waals surface area contributed by atoms with E-state index < -0.39 is 5.97 Å². The van der Waals surface area contributed by atoms with E-state index in [4.69, 9.17) is 10.5 Å². The third-order valence-electron chi connectivity index (χ3n) is 2.95. The van der Waals surface area contributed by atoms with Gasteiger partial charge in [-0.2, -0.15) is 0 Å². The predicted molar refractivity (Wildman–Crippen MR) is 72.4 cm³/mol. The van der Waals surface area contributed by atoms with Gasteiger partial charge in [-0.3, -0.25) is 0 Å². The molecule has 0 unspecified atom stereocenters. The fraction of sp³-hybridized carbons (Fsp3) is 0.133. The average Bonchev–Trinajstić information content (AvgIpc) is 2.39. The molecule has 18 heavy (non-hydrogen) atoms. The molecule has 0 fully saturated rings. The molecular weight excluding hydrogens is 226 g/mol. The maximum Gasteiger partial charge on any atom is 0.339 e. The van der Waals surface area contributed by atoms with Crippen molar-refractivity contribution in [3.63, 3.8) is 0 Å². The number of esters is 1. The lowest BCUT2D eigenvalue weighted by Crippen LogP contribution is -2.06. The molecule has 2 N–H and O–H groups in total. The molecule has 3 heteroatoms. The quantitative estimate of drug-likeness (QED) is 0.649. The van der Waals surface area contributed by atoms with Crippen molar-refractivity contribution in [1.82, 2.24) is 0 Å². The third kappa shape index (κ3) is 2.07. The van der Waals surface area contributed by atoms with Crippen molar-refractivity contribution in [3.8, 4) is 11.1 Å². The summed E-state index contributed by atoms with van der Waals surface area (Å²) in [6.07, 6.45) is 0. The van der Waals surface area contributed by atoms with Gasteiger partial charge < -0.3 is 10.5 Å². The number of hydrogen-bond donors (Lipinski definition) is 1. The first-order chi connectivity index (χ1) is 8.65. The Bertz CT molecular complexity index is 591. The summed E-state index contributed by atoms with van der Waals surface area (Å²) < 4.78 is 4.72. The molecule has 2 rings (SSSR count). The summed E-state index contributed by atoms with van der Waals surface area (Å²) in [6, 6.07) is 13.3. The summed E-state index contributed by atoms with van der Waals surface area (Å²) >= 11 is 0. The van der Waals surface area contributed by atoms with E-state index in [0.717, 1.165) is 16.7 Å². The third-order valence-corrected chi connectivity index (χ3v) is 2.95. The van der Waals surface area contributed by atoms with E-state index in [9.17, 15) is 4.79 Å². The zero-order valence-electron chi connectivity index (χ0n) is 10.4. The zero-order chi connectivity index (χ0) is 13.1. The number of nitrogens with two attached hydrogens (primary N) is 1. The predicted octanol–water partition coefficient (Wildman–Crippen LogP) is 3.03. The zero-order valence-corrected chi connectivity index (χ0v) is 10.4. The van der Waals surface area contributed by atoms with Crippen LogP contribution in [0.2, 0.25) is 0 Å². The first kappa shape index (κ1) is 12.2. The van der Waals surface area contributed by atoms with Gasteiger partial charge in [0, 0.05) is 5.56 Å². The van der Waals surface area contributed by atoms with Gasteiger partial charge in [0.25, 0.3) is 0 Å². The summed E-state index contributed by atoms with van der Waals surface area (Å²) in [5.74, 6) is -0.414. The smallest absolute Gasteiger partial charge is 0.339 e. The highest BCUT2D eigenvalue weighted by Crippen LogP contribution is 2.31. The Balaban J connectivity index is 2.60. The molecule has 0 aromatic heterocycles. The van der Waals surface area contributed by atoms with Crippen LogP contribution < -0.4 is 5.73 Å². The molecule has 0 spiro atoms. The maximum absolute atomic E-state index is 11.6. The van der Waals surface area contributed by atoms with Gasteiger partial charge in [-0.05, 0) is 24.1 Å². The normalized spacial score (nSPS) is 10.1. The Morgan fingerprint density at radius 3 is 2.39 bits per heavy atom. The number of anilines is 1. The minimum atomic E-state index is -0.414. The number of carbonyl (C=O) groups excluding carboxylic acids is 1. The number of methoxy groups -OCH3 is 1. The molecule has 0 atom stereocenters. The van der Waals surface area contributed by atoms with Crippen LogP contribution in [-0.2, 0) is 4.74 Å². The molecule has 0 radical (unpaired) electrons. The summed E-state index contributed by atoms with van der Waals surface area (Å²) in [4.78, 5) is 11.6. The van der Waals surface area contributed by atoms with E-state index in [2.05, 4.69) is 0 Å². The second-order valence-corrected chi connectivity index (χ2v) is 4.07. The SMILES string of the molecule is COC(=O)c1cccc(-c2ccccc2C)c1N. The molecule has 0 saturated heterocycles. The van der Waals surface area contributed by atoms with Gasteiger partial charge in [-0.15, -0.1) is 0 Å². The topological polar surface area (TPSA) is 52.3 Å². The van der Waals surface area contributed by atoms with Crippen LogP contribution in [0.3, 0.4) is 0 Å². The van der Waals surface area contributed by atoms with Crippen molar-refractivity contribution in [1.29, 1.82) is 0 Å². The number of nitrogen functional groups attached to an aromatic ring is 1. The van der Waals surface area contributed by atoms with E-state index in [1.54, 1.807) is 6.07 Å². The monoisotopic (exact) mass is 241 g/mol. The highest BCUT2D eigenvalue weighted by molar-refractivity contribution is 5.99. The van der Waals surface area contributed by atoms with Crippen LogP contribution >= 0.6 is 0 Å². The molecule has 0 bridgehead atoms. The van der Waals surface area contributed by atoms with E-state index in [-0.39, 0.29) is 0 Å². The molecule has 0 heterocycles. The fourth-order valence-corrected chi connectivity index (χ4v) is 1.96. The maximum atomic E-state index is 11.6. The minimum absolute atomic E-state index is 0.401. The van der Waals surface area contributed by atoms with Crippen LogP contribution in [0.4, 0.5) is 5.69 Å². The Labute approximate surface area is 106 Å².